The number of fused-ring (bicyclic) bond motifs is 1. The Morgan fingerprint density at radius 3 is 2.68 bits per heavy atom. The molecule has 2 aromatic rings. The molecule has 0 aliphatic heterocycles. The van der Waals surface area contributed by atoms with Crippen molar-refractivity contribution in [2.75, 3.05) is 25.5 Å². The van der Waals surface area contributed by atoms with Crippen molar-refractivity contribution in [1.82, 2.24) is 10.6 Å². The average molecular weight is 444 g/mol. The molecule has 2 amide bonds. The van der Waals surface area contributed by atoms with Gasteiger partial charge in [0.1, 0.15) is 5.00 Å². The van der Waals surface area contributed by atoms with E-state index in [-0.39, 0.29) is 36.1 Å². The molecule has 7 nitrogen and oxygen atoms in total. The van der Waals surface area contributed by atoms with E-state index >= 15 is 0 Å². The summed E-state index contributed by atoms with van der Waals surface area (Å²) in [6.07, 6.45) is 3.03. The van der Waals surface area contributed by atoms with E-state index in [0.29, 0.717) is 15.4 Å². The zero-order valence-electron chi connectivity index (χ0n) is 18.4. The van der Waals surface area contributed by atoms with Gasteiger partial charge in [-0.2, -0.15) is 0 Å². The van der Waals surface area contributed by atoms with Crippen LogP contribution in [0.5, 0.6) is 0 Å². The molecule has 0 saturated heterocycles. The van der Waals surface area contributed by atoms with Gasteiger partial charge >= 0.3 is 5.97 Å². The zero-order chi connectivity index (χ0) is 22.6. The monoisotopic (exact) mass is 443 g/mol. The average Bonchev–Trinajstić information content (AvgIpc) is 3.08. The van der Waals surface area contributed by atoms with Crippen LogP contribution >= 0.6 is 11.3 Å². The topological polar surface area (TPSA) is 96.5 Å². The molecule has 1 aromatic heterocycles. The molecule has 166 valence electrons. The molecule has 8 heteroatoms. The van der Waals surface area contributed by atoms with Gasteiger partial charge in [0.05, 0.1) is 23.6 Å². The predicted octanol–water partition coefficient (Wildman–Crippen LogP) is 3.37. The minimum absolute atomic E-state index is 0.0827. The first kappa shape index (κ1) is 23.0. The van der Waals surface area contributed by atoms with Crippen LogP contribution < -0.4 is 16.0 Å². The van der Waals surface area contributed by atoms with E-state index in [0.717, 1.165) is 30.6 Å². The molecule has 0 fully saturated rings. The molecule has 0 saturated carbocycles. The Labute approximate surface area is 186 Å². The highest BCUT2D eigenvalue weighted by molar-refractivity contribution is 7.18. The summed E-state index contributed by atoms with van der Waals surface area (Å²) in [5.74, 6) is -1.14. The van der Waals surface area contributed by atoms with Crippen LogP contribution in [0.4, 0.5) is 5.00 Å². The number of hydrogen-bond donors (Lipinski definition) is 3. The molecule has 1 heterocycles. The van der Waals surface area contributed by atoms with Crippen molar-refractivity contribution in [1.29, 1.82) is 0 Å². The highest BCUT2D eigenvalue weighted by Crippen LogP contribution is 2.35. The number of aryl methyl sites for hydroxylation is 1. The predicted molar refractivity (Wildman–Crippen MR) is 122 cm³/mol. The van der Waals surface area contributed by atoms with Gasteiger partial charge in [0, 0.05) is 12.6 Å². The highest BCUT2D eigenvalue weighted by atomic mass is 32.1. The molecular formula is C23H29N3O4S. The van der Waals surface area contributed by atoms with E-state index in [1.807, 2.05) is 12.1 Å². The van der Waals surface area contributed by atoms with Crippen molar-refractivity contribution in [3.8, 4) is 0 Å². The summed E-state index contributed by atoms with van der Waals surface area (Å²) in [7, 11) is 1.52. The lowest BCUT2D eigenvalue weighted by atomic mass is 9.78. The lowest BCUT2D eigenvalue weighted by molar-refractivity contribution is -0.115. The lowest BCUT2D eigenvalue weighted by Crippen LogP contribution is -2.45. The molecule has 1 aliphatic rings. The number of rotatable bonds is 7. The lowest BCUT2D eigenvalue weighted by Gasteiger charge is -2.37. The van der Waals surface area contributed by atoms with Crippen LogP contribution in [-0.2, 0) is 21.5 Å². The van der Waals surface area contributed by atoms with Crippen molar-refractivity contribution < 1.29 is 19.1 Å². The summed E-state index contributed by atoms with van der Waals surface area (Å²) in [5, 5.41) is 9.10. The van der Waals surface area contributed by atoms with Gasteiger partial charge in [-0.15, -0.1) is 11.3 Å². The molecule has 1 aromatic carbocycles. The van der Waals surface area contributed by atoms with Crippen LogP contribution in [0, 0.1) is 6.92 Å². The summed E-state index contributed by atoms with van der Waals surface area (Å²) in [5.41, 5.74) is 2.95. The number of ether oxygens (including phenoxy) is 1. The van der Waals surface area contributed by atoms with Crippen molar-refractivity contribution in [3.05, 3.63) is 51.4 Å². The van der Waals surface area contributed by atoms with E-state index in [1.54, 1.807) is 13.8 Å². The number of carbonyl (C=O) groups is 3. The molecule has 1 atom stereocenters. The molecule has 3 rings (SSSR count). The summed E-state index contributed by atoms with van der Waals surface area (Å²) in [6.45, 7) is 5.79. The first-order chi connectivity index (χ1) is 14.8. The molecule has 0 radical (unpaired) electrons. The van der Waals surface area contributed by atoms with Crippen molar-refractivity contribution in [2.24, 2.45) is 0 Å². The SMILES string of the molecule is CCOC(=O)c1c(NC(=O)CN[C@]2(C)CCCc3ccccc32)sc(C(=O)NC)c1C. The first-order valence-corrected chi connectivity index (χ1v) is 11.3. The number of hydrogen-bond acceptors (Lipinski definition) is 6. The van der Waals surface area contributed by atoms with Crippen molar-refractivity contribution in [3.63, 3.8) is 0 Å². The Hall–Kier alpha value is -2.71. The van der Waals surface area contributed by atoms with Crippen molar-refractivity contribution in [2.45, 2.75) is 45.6 Å². The van der Waals surface area contributed by atoms with Crippen molar-refractivity contribution >= 4 is 34.1 Å². The van der Waals surface area contributed by atoms with Crippen LogP contribution in [0.1, 0.15) is 63.4 Å². The number of amides is 2. The van der Waals surface area contributed by atoms with Gasteiger partial charge < -0.3 is 15.4 Å². The van der Waals surface area contributed by atoms with Crippen LogP contribution in [-0.4, -0.2) is 38.0 Å². The second-order valence-corrected chi connectivity index (χ2v) is 8.83. The largest absolute Gasteiger partial charge is 0.462 e. The van der Waals surface area contributed by atoms with E-state index in [9.17, 15) is 14.4 Å². The quantitative estimate of drug-likeness (QED) is 0.570. The minimum atomic E-state index is -0.553. The molecular weight excluding hydrogens is 414 g/mol. The van der Waals surface area contributed by atoms with E-state index < -0.39 is 5.97 Å². The smallest absolute Gasteiger partial charge is 0.341 e. The van der Waals surface area contributed by atoms with Gasteiger partial charge in [-0.1, -0.05) is 24.3 Å². The van der Waals surface area contributed by atoms with Gasteiger partial charge in [-0.3, -0.25) is 14.9 Å². The fourth-order valence-electron chi connectivity index (χ4n) is 4.05. The Kier molecular flexibility index (Phi) is 7.12. The Bertz CT molecular complexity index is 1000. The van der Waals surface area contributed by atoms with E-state index in [2.05, 4.69) is 35.0 Å². The molecule has 1 aliphatic carbocycles. The van der Waals surface area contributed by atoms with Gasteiger partial charge in [0.25, 0.3) is 5.91 Å². The van der Waals surface area contributed by atoms with Gasteiger partial charge in [0.2, 0.25) is 5.91 Å². The number of nitrogens with one attached hydrogen (secondary N) is 3. The van der Waals surface area contributed by atoms with Crippen LogP contribution in [0.3, 0.4) is 0 Å². The third kappa shape index (κ3) is 4.80. The second-order valence-electron chi connectivity index (χ2n) is 7.80. The molecule has 31 heavy (non-hydrogen) atoms. The van der Waals surface area contributed by atoms with Crippen LogP contribution in [0.15, 0.2) is 24.3 Å². The molecule has 0 spiro atoms. The zero-order valence-corrected chi connectivity index (χ0v) is 19.2. The number of carbonyl (C=O) groups excluding carboxylic acids is 3. The van der Waals surface area contributed by atoms with Crippen LogP contribution in [0.25, 0.3) is 0 Å². The van der Waals surface area contributed by atoms with Crippen LogP contribution in [0.2, 0.25) is 0 Å². The maximum Gasteiger partial charge on any atom is 0.341 e. The first-order valence-electron chi connectivity index (χ1n) is 10.5. The summed E-state index contributed by atoms with van der Waals surface area (Å²) in [6, 6.07) is 8.30. The maximum absolute atomic E-state index is 12.8. The minimum Gasteiger partial charge on any atom is -0.462 e. The van der Waals surface area contributed by atoms with Gasteiger partial charge in [-0.25, -0.2) is 4.79 Å². The standard InChI is InChI=1S/C23H29N3O4S/c1-5-30-22(29)18-14(2)19(20(28)24-4)31-21(18)26-17(27)13-25-23(3)12-8-10-15-9-6-7-11-16(15)23/h6-7,9,11,25H,5,8,10,12-13H2,1-4H3,(H,24,28)(H,26,27)/t23-/m1/s1. The summed E-state index contributed by atoms with van der Waals surface area (Å²) >= 11 is 1.08. The third-order valence-electron chi connectivity index (χ3n) is 5.69. The summed E-state index contributed by atoms with van der Waals surface area (Å²) < 4.78 is 5.14. The maximum atomic E-state index is 12.8. The number of esters is 1. The van der Waals surface area contributed by atoms with E-state index in [4.69, 9.17) is 4.74 Å². The molecule has 3 N–H and O–H groups in total. The number of anilines is 1. The normalized spacial score (nSPS) is 17.5. The number of thiophene rings is 1. The van der Waals surface area contributed by atoms with Gasteiger partial charge in [0.15, 0.2) is 0 Å². The fraction of sp³-hybridized carbons (Fsp3) is 0.435. The number of benzene rings is 1. The molecule has 0 bridgehead atoms. The van der Waals surface area contributed by atoms with Gasteiger partial charge in [-0.05, 0) is 56.7 Å². The second kappa shape index (κ2) is 9.62. The Morgan fingerprint density at radius 1 is 1.23 bits per heavy atom. The Morgan fingerprint density at radius 2 is 1.97 bits per heavy atom. The highest BCUT2D eigenvalue weighted by Gasteiger charge is 2.32. The molecule has 0 unspecified atom stereocenters. The third-order valence-corrected chi connectivity index (χ3v) is 6.89. The Balaban J connectivity index is 1.78. The van der Waals surface area contributed by atoms with E-state index in [1.165, 1.54) is 18.2 Å². The fourth-order valence-corrected chi connectivity index (χ4v) is 5.21. The summed E-state index contributed by atoms with van der Waals surface area (Å²) in [4.78, 5) is 37.8.